The number of nitrogens with zero attached hydrogens (tertiary/aromatic N) is 1. The number of nitrogens with one attached hydrogen (secondary N) is 1. The van der Waals surface area contributed by atoms with E-state index in [1.54, 1.807) is 6.07 Å². The lowest BCUT2D eigenvalue weighted by Crippen LogP contribution is -2.40. The third kappa shape index (κ3) is 4.30. The van der Waals surface area contributed by atoms with E-state index >= 15 is 0 Å². The Morgan fingerprint density at radius 3 is 2.76 bits per heavy atom. The van der Waals surface area contributed by atoms with Gasteiger partial charge < -0.3 is 10.2 Å². The van der Waals surface area contributed by atoms with E-state index in [1.807, 2.05) is 17.9 Å². The van der Waals surface area contributed by atoms with Gasteiger partial charge in [0, 0.05) is 18.8 Å². The van der Waals surface area contributed by atoms with Crippen molar-refractivity contribution in [1.29, 1.82) is 0 Å². The van der Waals surface area contributed by atoms with Crippen LogP contribution < -0.4 is 10.2 Å². The predicted molar refractivity (Wildman–Crippen MR) is 74.9 cm³/mol. The Morgan fingerprint density at radius 1 is 1.41 bits per heavy atom. The monoisotopic (exact) mass is 254 g/mol. The van der Waals surface area contributed by atoms with Gasteiger partial charge in [-0.3, -0.25) is 0 Å². The Balaban J connectivity index is 2.67. The first-order chi connectivity index (χ1) is 8.19. The molecule has 0 amide bonds. The van der Waals surface area contributed by atoms with Gasteiger partial charge >= 0.3 is 0 Å². The zero-order valence-electron chi connectivity index (χ0n) is 10.4. The van der Waals surface area contributed by atoms with Crippen LogP contribution in [0, 0.1) is 5.82 Å². The van der Waals surface area contributed by atoms with E-state index in [2.05, 4.69) is 12.2 Å². The first-order valence-corrected chi connectivity index (χ1v) is 6.40. The van der Waals surface area contributed by atoms with Crippen molar-refractivity contribution in [2.75, 3.05) is 18.0 Å². The lowest BCUT2D eigenvalue weighted by molar-refractivity contribution is 0.627. The number of anilines is 1. The maximum atomic E-state index is 13.1. The molecule has 0 fully saturated rings. The summed E-state index contributed by atoms with van der Waals surface area (Å²) >= 11 is 5.31. The van der Waals surface area contributed by atoms with Crippen LogP contribution in [0.1, 0.15) is 26.7 Å². The van der Waals surface area contributed by atoms with E-state index in [1.165, 1.54) is 12.1 Å². The smallest absolute Gasteiger partial charge is 0.173 e. The molecule has 0 spiro atoms. The number of hydrogen-bond donors (Lipinski definition) is 1. The summed E-state index contributed by atoms with van der Waals surface area (Å²) in [6.45, 7) is 5.72. The number of hydrogen-bond acceptors (Lipinski definition) is 1. The van der Waals surface area contributed by atoms with Crippen LogP contribution >= 0.6 is 12.2 Å². The van der Waals surface area contributed by atoms with Crippen molar-refractivity contribution < 1.29 is 4.39 Å². The zero-order chi connectivity index (χ0) is 12.7. The van der Waals surface area contributed by atoms with Crippen LogP contribution in [0.2, 0.25) is 0 Å². The topological polar surface area (TPSA) is 15.3 Å². The molecule has 0 aliphatic heterocycles. The van der Waals surface area contributed by atoms with E-state index < -0.39 is 0 Å². The maximum absolute atomic E-state index is 13.1. The minimum absolute atomic E-state index is 0.239. The molecule has 0 radical (unpaired) electrons. The molecule has 0 atom stereocenters. The molecule has 1 aromatic carbocycles. The van der Waals surface area contributed by atoms with Crippen LogP contribution in [0.3, 0.4) is 0 Å². The highest BCUT2D eigenvalue weighted by atomic mass is 32.1. The van der Waals surface area contributed by atoms with Gasteiger partial charge in [0.05, 0.1) is 0 Å². The fourth-order valence-electron chi connectivity index (χ4n) is 1.55. The largest absolute Gasteiger partial charge is 0.362 e. The molecule has 0 bridgehead atoms. The number of thiocarbonyl (C=S) groups is 1. The van der Waals surface area contributed by atoms with Gasteiger partial charge in [-0.2, -0.15) is 0 Å². The van der Waals surface area contributed by atoms with Crippen LogP contribution in [0.5, 0.6) is 0 Å². The molecule has 0 aliphatic carbocycles. The van der Waals surface area contributed by atoms with Crippen LogP contribution in [0.25, 0.3) is 0 Å². The summed E-state index contributed by atoms with van der Waals surface area (Å²) in [5.41, 5.74) is 0.793. The van der Waals surface area contributed by atoms with Crippen LogP contribution in [-0.4, -0.2) is 18.2 Å². The normalized spacial score (nSPS) is 10.1. The second kappa shape index (κ2) is 7.22. The van der Waals surface area contributed by atoms with Crippen molar-refractivity contribution in [2.24, 2.45) is 0 Å². The highest BCUT2D eigenvalue weighted by Crippen LogP contribution is 2.15. The quantitative estimate of drug-likeness (QED) is 0.641. The third-order valence-corrected chi connectivity index (χ3v) is 2.85. The molecule has 1 aromatic rings. The Morgan fingerprint density at radius 2 is 2.18 bits per heavy atom. The number of benzene rings is 1. The first kappa shape index (κ1) is 13.9. The average molecular weight is 254 g/mol. The SMILES string of the molecule is CCCCNC(=S)N(CC)c1cccc(F)c1. The van der Waals surface area contributed by atoms with Crippen molar-refractivity contribution >= 4 is 23.0 Å². The van der Waals surface area contributed by atoms with Gasteiger partial charge in [0.25, 0.3) is 0 Å². The standard InChI is InChI=1S/C13H19FN2S/c1-3-5-9-15-13(17)16(4-2)12-8-6-7-11(14)10-12/h6-8,10H,3-5,9H2,1-2H3,(H,15,17). The number of halogens is 1. The zero-order valence-corrected chi connectivity index (χ0v) is 11.2. The lowest BCUT2D eigenvalue weighted by atomic mass is 10.3. The van der Waals surface area contributed by atoms with Crippen LogP contribution in [0.15, 0.2) is 24.3 Å². The molecule has 0 saturated heterocycles. The maximum Gasteiger partial charge on any atom is 0.173 e. The van der Waals surface area contributed by atoms with E-state index in [9.17, 15) is 4.39 Å². The van der Waals surface area contributed by atoms with Gasteiger partial charge in [0.1, 0.15) is 5.82 Å². The number of rotatable bonds is 5. The predicted octanol–water partition coefficient (Wildman–Crippen LogP) is 3.33. The second-order valence-corrected chi connectivity index (χ2v) is 4.20. The molecule has 94 valence electrons. The van der Waals surface area contributed by atoms with Gasteiger partial charge in [-0.25, -0.2) is 4.39 Å². The lowest BCUT2D eigenvalue weighted by Gasteiger charge is -2.24. The van der Waals surface area contributed by atoms with Gasteiger partial charge in [0.15, 0.2) is 5.11 Å². The van der Waals surface area contributed by atoms with E-state index in [-0.39, 0.29) is 5.82 Å². The van der Waals surface area contributed by atoms with E-state index in [0.29, 0.717) is 5.11 Å². The Bertz CT molecular complexity index is 368. The Labute approximate surface area is 108 Å². The molecule has 4 heteroatoms. The van der Waals surface area contributed by atoms with Crippen LogP contribution in [-0.2, 0) is 0 Å². The molecule has 1 rings (SSSR count). The van der Waals surface area contributed by atoms with E-state index in [0.717, 1.165) is 31.6 Å². The Kier molecular flexibility index (Phi) is 5.91. The van der Waals surface area contributed by atoms with Gasteiger partial charge in [-0.05, 0) is 43.8 Å². The summed E-state index contributed by atoms with van der Waals surface area (Å²) in [4.78, 5) is 1.90. The molecule has 0 heterocycles. The molecule has 0 aliphatic rings. The fraction of sp³-hybridized carbons (Fsp3) is 0.462. The first-order valence-electron chi connectivity index (χ1n) is 6.00. The van der Waals surface area contributed by atoms with Gasteiger partial charge in [-0.1, -0.05) is 19.4 Å². The molecule has 1 N–H and O–H groups in total. The summed E-state index contributed by atoms with van der Waals surface area (Å²) in [6, 6.07) is 6.49. The molecular weight excluding hydrogens is 235 g/mol. The molecule has 2 nitrogen and oxygen atoms in total. The summed E-state index contributed by atoms with van der Waals surface area (Å²) in [5.74, 6) is -0.239. The highest BCUT2D eigenvalue weighted by molar-refractivity contribution is 7.80. The average Bonchev–Trinajstić information content (AvgIpc) is 2.30. The van der Waals surface area contributed by atoms with Crippen molar-refractivity contribution in [1.82, 2.24) is 5.32 Å². The molecule has 0 aromatic heterocycles. The molecule has 0 unspecified atom stereocenters. The van der Waals surface area contributed by atoms with Crippen molar-refractivity contribution in [3.05, 3.63) is 30.1 Å². The fourth-order valence-corrected chi connectivity index (χ4v) is 1.89. The summed E-state index contributed by atoms with van der Waals surface area (Å²) in [6.07, 6.45) is 2.21. The highest BCUT2D eigenvalue weighted by Gasteiger charge is 2.09. The summed E-state index contributed by atoms with van der Waals surface area (Å²) < 4.78 is 13.1. The second-order valence-electron chi connectivity index (χ2n) is 3.81. The van der Waals surface area contributed by atoms with Gasteiger partial charge in [-0.15, -0.1) is 0 Å². The molecular formula is C13H19FN2S. The minimum Gasteiger partial charge on any atom is -0.362 e. The minimum atomic E-state index is -0.239. The molecule has 17 heavy (non-hydrogen) atoms. The number of unbranched alkanes of at least 4 members (excludes halogenated alkanes) is 1. The Hall–Kier alpha value is -1.16. The van der Waals surface area contributed by atoms with Gasteiger partial charge in [0.2, 0.25) is 0 Å². The van der Waals surface area contributed by atoms with Crippen LogP contribution in [0.4, 0.5) is 10.1 Å². The van der Waals surface area contributed by atoms with Crippen molar-refractivity contribution in [3.8, 4) is 0 Å². The van der Waals surface area contributed by atoms with Crippen molar-refractivity contribution in [2.45, 2.75) is 26.7 Å². The summed E-state index contributed by atoms with van der Waals surface area (Å²) in [7, 11) is 0. The third-order valence-electron chi connectivity index (χ3n) is 2.49. The summed E-state index contributed by atoms with van der Waals surface area (Å²) in [5, 5.41) is 3.85. The van der Waals surface area contributed by atoms with Crippen molar-refractivity contribution in [3.63, 3.8) is 0 Å². The molecule has 0 saturated carbocycles. The van der Waals surface area contributed by atoms with E-state index in [4.69, 9.17) is 12.2 Å².